The molecule has 1 saturated heterocycles. The molecule has 2 heterocycles. The smallest absolute Gasteiger partial charge is 0.182 e. The summed E-state index contributed by atoms with van der Waals surface area (Å²) in [6.45, 7) is 3.78. The number of Topliss-reactive ketones (excluding diaryl/α,β-unsaturated/α-hetero) is 1. The van der Waals surface area contributed by atoms with Crippen molar-refractivity contribution in [3.05, 3.63) is 18.0 Å². The van der Waals surface area contributed by atoms with E-state index in [0.717, 1.165) is 31.5 Å². The summed E-state index contributed by atoms with van der Waals surface area (Å²) in [5.41, 5.74) is 0.728. The van der Waals surface area contributed by atoms with E-state index in [4.69, 9.17) is 0 Å². The molecule has 1 unspecified atom stereocenters. The molecular weight excluding hydrogens is 178 g/mol. The molecule has 1 aliphatic rings. The number of nitrogens with zero attached hydrogens (tertiary/aromatic N) is 2. The lowest BCUT2D eigenvalue weighted by Crippen LogP contribution is -2.30. The van der Waals surface area contributed by atoms with Crippen molar-refractivity contribution in [2.75, 3.05) is 6.54 Å². The fourth-order valence-electron chi connectivity index (χ4n) is 1.77. The van der Waals surface area contributed by atoms with Gasteiger partial charge in [-0.25, -0.2) is 0 Å². The molecule has 14 heavy (non-hydrogen) atoms. The van der Waals surface area contributed by atoms with Gasteiger partial charge in [-0.15, -0.1) is 0 Å². The predicted octanol–water partition coefficient (Wildman–Crippen LogP) is 0.838. The second-order valence-corrected chi connectivity index (χ2v) is 3.60. The number of nitrogens with one attached hydrogen (secondary N) is 1. The van der Waals surface area contributed by atoms with Crippen LogP contribution in [0.15, 0.2) is 12.4 Å². The molecule has 1 aromatic heterocycles. The van der Waals surface area contributed by atoms with Gasteiger partial charge in [0.05, 0.1) is 17.8 Å². The van der Waals surface area contributed by atoms with Gasteiger partial charge in [0.15, 0.2) is 5.78 Å². The number of carbonyl (C=O) groups excluding carboxylic acids is 1. The van der Waals surface area contributed by atoms with E-state index in [1.54, 1.807) is 10.9 Å². The van der Waals surface area contributed by atoms with Gasteiger partial charge in [-0.1, -0.05) is 0 Å². The number of aryl methyl sites for hydroxylation is 1. The average Bonchev–Trinajstić information content (AvgIpc) is 2.88. The Morgan fingerprint density at radius 1 is 1.79 bits per heavy atom. The van der Waals surface area contributed by atoms with Gasteiger partial charge in [0.1, 0.15) is 0 Å². The van der Waals surface area contributed by atoms with Crippen molar-refractivity contribution in [2.45, 2.75) is 32.4 Å². The molecule has 2 rings (SSSR count). The zero-order valence-corrected chi connectivity index (χ0v) is 8.36. The topological polar surface area (TPSA) is 46.9 Å². The minimum Gasteiger partial charge on any atom is -0.307 e. The van der Waals surface area contributed by atoms with Gasteiger partial charge in [-0.2, -0.15) is 5.10 Å². The molecule has 1 N–H and O–H groups in total. The van der Waals surface area contributed by atoms with Crippen molar-refractivity contribution in [3.8, 4) is 0 Å². The zero-order chi connectivity index (χ0) is 9.97. The normalized spacial score (nSPS) is 21.4. The molecule has 0 radical (unpaired) electrons. The predicted molar refractivity (Wildman–Crippen MR) is 53.3 cm³/mol. The fraction of sp³-hybridized carbons (Fsp3) is 0.600. The highest BCUT2D eigenvalue weighted by molar-refractivity contribution is 5.99. The van der Waals surface area contributed by atoms with E-state index in [1.807, 2.05) is 13.1 Å². The SMILES string of the molecule is CCn1cc(C(=O)C2CCCN2)cn1. The molecule has 1 aromatic rings. The molecule has 0 aliphatic carbocycles. The van der Waals surface area contributed by atoms with E-state index < -0.39 is 0 Å². The van der Waals surface area contributed by atoms with E-state index in [1.165, 1.54) is 0 Å². The summed E-state index contributed by atoms with van der Waals surface area (Å²) in [4.78, 5) is 11.9. The summed E-state index contributed by atoms with van der Waals surface area (Å²) in [7, 11) is 0. The Labute approximate surface area is 83.3 Å². The number of aromatic nitrogens is 2. The number of rotatable bonds is 3. The molecule has 0 spiro atoms. The van der Waals surface area contributed by atoms with Crippen LogP contribution >= 0.6 is 0 Å². The van der Waals surface area contributed by atoms with Crippen LogP contribution in [0.5, 0.6) is 0 Å². The van der Waals surface area contributed by atoms with Gasteiger partial charge in [0.25, 0.3) is 0 Å². The Balaban J connectivity index is 2.09. The van der Waals surface area contributed by atoms with E-state index in [9.17, 15) is 4.79 Å². The largest absolute Gasteiger partial charge is 0.307 e. The van der Waals surface area contributed by atoms with E-state index in [0.29, 0.717) is 0 Å². The molecule has 0 saturated carbocycles. The highest BCUT2D eigenvalue weighted by Crippen LogP contribution is 2.11. The third kappa shape index (κ3) is 1.70. The highest BCUT2D eigenvalue weighted by atomic mass is 16.1. The van der Waals surface area contributed by atoms with Crippen LogP contribution in [0.3, 0.4) is 0 Å². The number of hydrogen-bond acceptors (Lipinski definition) is 3. The Hall–Kier alpha value is -1.16. The van der Waals surface area contributed by atoms with Crippen molar-refractivity contribution in [3.63, 3.8) is 0 Å². The summed E-state index contributed by atoms with van der Waals surface area (Å²) in [6.07, 6.45) is 5.53. The number of ketones is 1. The second kappa shape index (κ2) is 3.92. The third-order valence-corrected chi connectivity index (χ3v) is 2.62. The average molecular weight is 193 g/mol. The van der Waals surface area contributed by atoms with Crippen LogP contribution in [0, 0.1) is 0 Å². The maximum absolute atomic E-state index is 11.9. The van der Waals surface area contributed by atoms with Gasteiger partial charge >= 0.3 is 0 Å². The van der Waals surface area contributed by atoms with Gasteiger partial charge in [0, 0.05) is 12.7 Å². The first kappa shape index (κ1) is 9.40. The minimum atomic E-state index is 0.0181. The summed E-state index contributed by atoms with van der Waals surface area (Å²) in [5.74, 6) is 0.183. The summed E-state index contributed by atoms with van der Waals surface area (Å²) < 4.78 is 1.78. The van der Waals surface area contributed by atoms with Crippen LogP contribution in [0.4, 0.5) is 0 Å². The maximum atomic E-state index is 11.9. The molecule has 0 bridgehead atoms. The quantitative estimate of drug-likeness (QED) is 0.723. The molecule has 76 valence electrons. The first-order valence-electron chi connectivity index (χ1n) is 5.11. The zero-order valence-electron chi connectivity index (χ0n) is 8.36. The lowest BCUT2D eigenvalue weighted by Gasteiger charge is -2.05. The van der Waals surface area contributed by atoms with Crippen LogP contribution in [0.25, 0.3) is 0 Å². The number of hydrogen-bond donors (Lipinski definition) is 1. The summed E-state index contributed by atoms with van der Waals surface area (Å²) in [6, 6.07) is 0.0181. The lowest BCUT2D eigenvalue weighted by molar-refractivity contribution is 0.0952. The van der Waals surface area contributed by atoms with Gasteiger partial charge < -0.3 is 5.32 Å². The molecule has 1 aliphatic heterocycles. The molecule has 0 aromatic carbocycles. The van der Waals surface area contributed by atoms with Crippen molar-refractivity contribution in [2.24, 2.45) is 0 Å². The Morgan fingerprint density at radius 2 is 2.64 bits per heavy atom. The molecular formula is C10H15N3O. The van der Waals surface area contributed by atoms with Crippen molar-refractivity contribution < 1.29 is 4.79 Å². The van der Waals surface area contributed by atoms with Gasteiger partial charge in [0.2, 0.25) is 0 Å². The van der Waals surface area contributed by atoms with Crippen molar-refractivity contribution in [1.82, 2.24) is 15.1 Å². The maximum Gasteiger partial charge on any atom is 0.182 e. The van der Waals surface area contributed by atoms with Gasteiger partial charge in [-0.05, 0) is 26.3 Å². The van der Waals surface area contributed by atoms with Crippen LogP contribution in [-0.2, 0) is 6.54 Å². The summed E-state index contributed by atoms with van der Waals surface area (Å²) >= 11 is 0. The van der Waals surface area contributed by atoms with E-state index in [-0.39, 0.29) is 11.8 Å². The molecule has 0 amide bonds. The van der Waals surface area contributed by atoms with E-state index in [2.05, 4.69) is 10.4 Å². The third-order valence-electron chi connectivity index (χ3n) is 2.62. The van der Waals surface area contributed by atoms with Crippen LogP contribution in [0.1, 0.15) is 30.1 Å². The first-order valence-corrected chi connectivity index (χ1v) is 5.11. The Morgan fingerprint density at radius 3 is 3.21 bits per heavy atom. The molecule has 1 fully saturated rings. The standard InChI is InChI=1S/C10H15N3O/c1-2-13-7-8(6-12-13)10(14)9-4-3-5-11-9/h6-7,9,11H,2-5H2,1H3. The molecule has 4 heteroatoms. The van der Waals surface area contributed by atoms with Crippen molar-refractivity contribution in [1.29, 1.82) is 0 Å². The highest BCUT2D eigenvalue weighted by Gasteiger charge is 2.23. The second-order valence-electron chi connectivity index (χ2n) is 3.60. The minimum absolute atomic E-state index is 0.0181. The monoisotopic (exact) mass is 193 g/mol. The molecule has 4 nitrogen and oxygen atoms in total. The molecule has 1 atom stereocenters. The van der Waals surface area contributed by atoms with Crippen LogP contribution in [0.2, 0.25) is 0 Å². The van der Waals surface area contributed by atoms with Crippen LogP contribution in [-0.4, -0.2) is 28.2 Å². The van der Waals surface area contributed by atoms with E-state index >= 15 is 0 Å². The Bertz CT molecular complexity index is 326. The van der Waals surface area contributed by atoms with Gasteiger partial charge in [-0.3, -0.25) is 9.48 Å². The lowest BCUT2D eigenvalue weighted by atomic mass is 10.1. The van der Waals surface area contributed by atoms with Crippen molar-refractivity contribution >= 4 is 5.78 Å². The fourth-order valence-corrected chi connectivity index (χ4v) is 1.77. The summed E-state index contributed by atoms with van der Waals surface area (Å²) in [5, 5.41) is 7.29. The first-order chi connectivity index (χ1) is 6.81. The van der Waals surface area contributed by atoms with Crippen LogP contribution < -0.4 is 5.32 Å². The Kier molecular flexibility index (Phi) is 2.63. The number of carbonyl (C=O) groups is 1.